The van der Waals surface area contributed by atoms with E-state index in [9.17, 15) is 4.79 Å². The number of fused-ring (bicyclic) bond motifs is 1. The maximum atomic E-state index is 13.4. The van der Waals surface area contributed by atoms with Gasteiger partial charge in [-0.3, -0.25) is 4.79 Å². The van der Waals surface area contributed by atoms with Gasteiger partial charge in [0.2, 0.25) is 0 Å². The van der Waals surface area contributed by atoms with Gasteiger partial charge < -0.3 is 24.8 Å². The standard InChI is InChI=1S/C29H30N2O4/c1-29(2)16-23-27(24(32)17-29)28(18-9-11-19(33-3)12-10-18)31-22-15-20(13-14-21(22)30-23)35-26-8-6-5-7-25(26)34-4/h5-15,28,30-31H,16-17H2,1-4H3. The third-order valence-electron chi connectivity index (χ3n) is 6.53. The average molecular weight is 471 g/mol. The van der Waals surface area contributed by atoms with Gasteiger partial charge in [-0.1, -0.05) is 38.1 Å². The molecule has 3 aromatic carbocycles. The number of para-hydroxylation sites is 2. The second-order valence-electron chi connectivity index (χ2n) is 9.77. The van der Waals surface area contributed by atoms with Gasteiger partial charge in [0.1, 0.15) is 11.5 Å². The number of hydrogen-bond donors (Lipinski definition) is 2. The Balaban J connectivity index is 1.56. The molecule has 1 heterocycles. The number of Topliss-reactive ketones (excluding diaryl/α,β-unsaturated/α-hetero) is 1. The largest absolute Gasteiger partial charge is 0.497 e. The van der Waals surface area contributed by atoms with Crippen LogP contribution in [0.5, 0.6) is 23.0 Å². The van der Waals surface area contributed by atoms with Gasteiger partial charge in [-0.15, -0.1) is 0 Å². The minimum absolute atomic E-state index is 0.106. The molecule has 35 heavy (non-hydrogen) atoms. The fourth-order valence-electron chi connectivity index (χ4n) is 4.86. The van der Waals surface area contributed by atoms with E-state index in [4.69, 9.17) is 14.2 Å². The van der Waals surface area contributed by atoms with Crippen LogP contribution in [0.3, 0.4) is 0 Å². The molecule has 6 nitrogen and oxygen atoms in total. The maximum absolute atomic E-state index is 13.4. The van der Waals surface area contributed by atoms with E-state index in [1.165, 1.54) is 0 Å². The Kier molecular flexibility index (Phi) is 5.89. The molecule has 3 aromatic rings. The smallest absolute Gasteiger partial charge is 0.169 e. The van der Waals surface area contributed by atoms with E-state index in [1.54, 1.807) is 14.2 Å². The molecule has 0 amide bonds. The summed E-state index contributed by atoms with van der Waals surface area (Å²) in [6, 6.07) is 21.0. The fraction of sp³-hybridized carbons (Fsp3) is 0.276. The summed E-state index contributed by atoms with van der Waals surface area (Å²) < 4.78 is 16.9. The molecule has 1 atom stereocenters. The fourth-order valence-corrected chi connectivity index (χ4v) is 4.86. The van der Waals surface area contributed by atoms with Crippen LogP contribution in [0.25, 0.3) is 0 Å². The highest BCUT2D eigenvalue weighted by atomic mass is 16.5. The first-order valence-corrected chi connectivity index (χ1v) is 11.8. The number of carbonyl (C=O) groups is 1. The van der Waals surface area contributed by atoms with Crippen LogP contribution in [0.15, 0.2) is 78.0 Å². The van der Waals surface area contributed by atoms with Crippen molar-refractivity contribution in [2.24, 2.45) is 5.41 Å². The monoisotopic (exact) mass is 470 g/mol. The molecular weight excluding hydrogens is 440 g/mol. The Hall–Kier alpha value is -3.93. The van der Waals surface area contributed by atoms with Gasteiger partial charge in [-0.25, -0.2) is 0 Å². The number of benzene rings is 3. The van der Waals surface area contributed by atoms with Gasteiger partial charge in [0.15, 0.2) is 17.3 Å². The molecule has 0 saturated carbocycles. The number of carbonyl (C=O) groups excluding carboxylic acids is 1. The molecule has 5 rings (SSSR count). The summed E-state index contributed by atoms with van der Waals surface area (Å²) in [5.74, 6) is 2.91. The number of ketones is 1. The zero-order chi connectivity index (χ0) is 24.6. The van der Waals surface area contributed by atoms with E-state index in [2.05, 4.69) is 24.5 Å². The van der Waals surface area contributed by atoms with E-state index < -0.39 is 0 Å². The number of hydrogen-bond acceptors (Lipinski definition) is 6. The number of allylic oxidation sites excluding steroid dienone is 1. The number of anilines is 2. The number of ether oxygens (including phenoxy) is 3. The van der Waals surface area contributed by atoms with Crippen LogP contribution in [0, 0.1) is 5.41 Å². The van der Waals surface area contributed by atoms with Gasteiger partial charge in [0.25, 0.3) is 0 Å². The van der Waals surface area contributed by atoms with E-state index in [-0.39, 0.29) is 17.2 Å². The molecule has 1 aliphatic carbocycles. The highest BCUT2D eigenvalue weighted by Gasteiger charge is 2.38. The molecule has 1 aliphatic heterocycles. The zero-order valence-electron chi connectivity index (χ0n) is 20.5. The SMILES string of the molecule is COc1ccc(C2Nc3cc(Oc4ccccc4OC)ccc3NC3=C2C(=O)CC(C)(C)C3)cc1. The van der Waals surface area contributed by atoms with Crippen molar-refractivity contribution < 1.29 is 19.0 Å². The summed E-state index contributed by atoms with van der Waals surface area (Å²) >= 11 is 0. The zero-order valence-corrected chi connectivity index (χ0v) is 20.5. The van der Waals surface area contributed by atoms with Gasteiger partial charge in [0, 0.05) is 23.8 Å². The number of rotatable bonds is 5. The Morgan fingerprint density at radius 1 is 0.829 bits per heavy atom. The van der Waals surface area contributed by atoms with Gasteiger partial charge in [-0.05, 0) is 53.8 Å². The Labute approximate surface area is 205 Å². The van der Waals surface area contributed by atoms with Crippen molar-refractivity contribution in [2.75, 3.05) is 24.9 Å². The summed E-state index contributed by atoms with van der Waals surface area (Å²) in [5.41, 5.74) is 4.42. The first-order chi connectivity index (χ1) is 16.9. The van der Waals surface area contributed by atoms with Crippen molar-refractivity contribution in [1.82, 2.24) is 0 Å². The molecule has 1 unspecified atom stereocenters. The highest BCUT2D eigenvalue weighted by Crippen LogP contribution is 2.46. The summed E-state index contributed by atoms with van der Waals surface area (Å²) in [6.07, 6.45) is 1.31. The first-order valence-electron chi connectivity index (χ1n) is 11.8. The van der Waals surface area contributed by atoms with Gasteiger partial charge >= 0.3 is 0 Å². The highest BCUT2D eigenvalue weighted by molar-refractivity contribution is 6.01. The molecular formula is C29H30N2O4. The molecule has 2 aliphatic rings. The Morgan fingerprint density at radius 3 is 2.26 bits per heavy atom. The minimum Gasteiger partial charge on any atom is -0.497 e. The van der Waals surface area contributed by atoms with Crippen LogP contribution < -0.4 is 24.8 Å². The lowest BCUT2D eigenvalue weighted by Gasteiger charge is -2.34. The summed E-state index contributed by atoms with van der Waals surface area (Å²) in [5, 5.41) is 7.21. The molecule has 6 heteroatoms. The molecule has 0 saturated heterocycles. The van der Waals surface area contributed by atoms with Crippen molar-refractivity contribution in [3.05, 3.63) is 83.6 Å². The average Bonchev–Trinajstić information content (AvgIpc) is 3.00. The van der Waals surface area contributed by atoms with Crippen molar-refractivity contribution in [3.63, 3.8) is 0 Å². The lowest BCUT2D eigenvalue weighted by atomic mass is 9.73. The van der Waals surface area contributed by atoms with Crippen molar-refractivity contribution in [3.8, 4) is 23.0 Å². The molecule has 0 spiro atoms. The predicted molar refractivity (Wildman–Crippen MR) is 138 cm³/mol. The Bertz CT molecular complexity index is 1290. The van der Waals surface area contributed by atoms with Crippen molar-refractivity contribution >= 4 is 17.2 Å². The molecule has 0 bridgehead atoms. The third-order valence-corrected chi connectivity index (χ3v) is 6.53. The molecule has 0 aromatic heterocycles. The summed E-state index contributed by atoms with van der Waals surface area (Å²) in [4.78, 5) is 13.4. The van der Waals surface area contributed by atoms with Crippen LogP contribution in [0.2, 0.25) is 0 Å². The van der Waals surface area contributed by atoms with E-state index in [1.807, 2.05) is 66.7 Å². The van der Waals surface area contributed by atoms with Crippen LogP contribution >= 0.6 is 0 Å². The lowest BCUT2D eigenvalue weighted by Crippen LogP contribution is -2.31. The van der Waals surface area contributed by atoms with Gasteiger partial charge in [-0.2, -0.15) is 0 Å². The van der Waals surface area contributed by atoms with E-state index in [0.29, 0.717) is 23.7 Å². The molecule has 180 valence electrons. The predicted octanol–water partition coefficient (Wildman–Crippen LogP) is 6.72. The molecule has 0 fully saturated rings. The minimum atomic E-state index is -0.297. The van der Waals surface area contributed by atoms with Crippen LogP contribution in [0.1, 0.15) is 38.3 Å². The van der Waals surface area contributed by atoms with Crippen LogP contribution in [-0.4, -0.2) is 20.0 Å². The van der Waals surface area contributed by atoms with Crippen molar-refractivity contribution in [1.29, 1.82) is 0 Å². The van der Waals surface area contributed by atoms with Crippen LogP contribution in [-0.2, 0) is 4.79 Å². The van der Waals surface area contributed by atoms with E-state index >= 15 is 0 Å². The second kappa shape index (κ2) is 9.02. The second-order valence-corrected chi connectivity index (χ2v) is 9.77. The van der Waals surface area contributed by atoms with E-state index in [0.717, 1.165) is 40.4 Å². The Morgan fingerprint density at radius 2 is 1.54 bits per heavy atom. The topological polar surface area (TPSA) is 68.8 Å². The molecule has 0 radical (unpaired) electrons. The number of nitrogens with one attached hydrogen (secondary N) is 2. The maximum Gasteiger partial charge on any atom is 0.169 e. The lowest BCUT2D eigenvalue weighted by molar-refractivity contribution is -0.118. The number of methoxy groups -OCH3 is 2. The van der Waals surface area contributed by atoms with Crippen LogP contribution in [0.4, 0.5) is 11.4 Å². The van der Waals surface area contributed by atoms with Crippen molar-refractivity contribution in [2.45, 2.75) is 32.7 Å². The summed E-state index contributed by atoms with van der Waals surface area (Å²) in [7, 11) is 3.27. The van der Waals surface area contributed by atoms with Gasteiger partial charge in [0.05, 0.1) is 31.6 Å². The summed E-state index contributed by atoms with van der Waals surface area (Å²) in [6.45, 7) is 4.28. The first kappa shape index (κ1) is 22.8. The normalized spacial score (nSPS) is 18.4. The third kappa shape index (κ3) is 4.56. The molecule has 2 N–H and O–H groups in total. The quantitative estimate of drug-likeness (QED) is 0.432.